The molecule has 0 spiro atoms. The summed E-state index contributed by atoms with van der Waals surface area (Å²) in [6.45, 7) is 11.0. The zero-order valence-electron chi connectivity index (χ0n) is 22.3. The molecule has 1 fully saturated rings. The predicted octanol–water partition coefficient (Wildman–Crippen LogP) is 3.31. The van der Waals surface area contributed by atoms with Crippen LogP contribution in [0.25, 0.3) is 0 Å². The Hall–Kier alpha value is -2.79. The van der Waals surface area contributed by atoms with Crippen LogP contribution in [0.15, 0.2) is 18.2 Å². The van der Waals surface area contributed by atoms with Gasteiger partial charge in [-0.15, -0.1) is 11.8 Å². The minimum absolute atomic E-state index is 0.258. The maximum Gasteiger partial charge on any atom is 0.303 e. The standard InChI is InChI=1S/C26H36O10S/c1-14(2)20-9-8-15(3)12-21(20)31-10-11-37-26-25(35-19(7)30)24(34-18(6)29)23(33-17(5)28)22(36-26)13-32-16(4)27/h8-9,12,14,22-26H,10-11,13H2,1-7H3/t22-,23-,24-,25+,26+/m0/s1. The van der Waals surface area contributed by atoms with Gasteiger partial charge >= 0.3 is 23.9 Å². The zero-order valence-corrected chi connectivity index (χ0v) is 23.1. The third kappa shape index (κ3) is 9.55. The molecular formula is C26H36O10S. The highest BCUT2D eigenvalue weighted by Crippen LogP contribution is 2.35. The van der Waals surface area contributed by atoms with Gasteiger partial charge in [-0.2, -0.15) is 0 Å². The molecule has 0 aromatic heterocycles. The molecule has 0 bridgehead atoms. The first-order valence-corrected chi connectivity index (χ1v) is 13.1. The molecule has 0 amide bonds. The molecule has 37 heavy (non-hydrogen) atoms. The van der Waals surface area contributed by atoms with E-state index in [0.29, 0.717) is 12.4 Å². The number of thioether (sulfide) groups is 1. The van der Waals surface area contributed by atoms with Crippen LogP contribution in [0.1, 0.15) is 58.6 Å². The van der Waals surface area contributed by atoms with E-state index in [2.05, 4.69) is 13.8 Å². The van der Waals surface area contributed by atoms with Crippen molar-refractivity contribution in [2.45, 2.75) is 84.2 Å². The number of carbonyl (C=O) groups is 4. The zero-order chi connectivity index (χ0) is 27.7. The number of hydrogen-bond donors (Lipinski definition) is 0. The molecule has 0 N–H and O–H groups in total. The Balaban J connectivity index is 2.24. The lowest BCUT2D eigenvalue weighted by Crippen LogP contribution is -2.61. The lowest BCUT2D eigenvalue weighted by Gasteiger charge is -2.44. The largest absolute Gasteiger partial charge is 0.492 e. The van der Waals surface area contributed by atoms with Crippen LogP contribution in [0, 0.1) is 6.92 Å². The van der Waals surface area contributed by atoms with Gasteiger partial charge in [0.1, 0.15) is 23.9 Å². The van der Waals surface area contributed by atoms with Gasteiger partial charge in [-0.1, -0.05) is 26.0 Å². The SMILES string of the molecule is CC(=O)OC[C@@H]1O[C@H](SCCOc2cc(C)ccc2C(C)C)[C@H](OC(C)=O)[C@@H](OC(C)=O)[C@H]1OC(C)=O. The number of aryl methyl sites for hydroxylation is 1. The molecule has 10 nitrogen and oxygen atoms in total. The third-order valence-corrected chi connectivity index (χ3v) is 6.47. The Bertz CT molecular complexity index is 963. The number of carbonyl (C=O) groups excluding carboxylic acids is 4. The van der Waals surface area contributed by atoms with Crippen LogP contribution in [0.5, 0.6) is 5.75 Å². The van der Waals surface area contributed by atoms with Gasteiger partial charge < -0.3 is 28.4 Å². The maximum atomic E-state index is 11.9. The molecule has 5 atom stereocenters. The van der Waals surface area contributed by atoms with Gasteiger partial charge in [-0.25, -0.2) is 0 Å². The summed E-state index contributed by atoms with van der Waals surface area (Å²) in [7, 11) is 0. The normalized spacial score (nSPS) is 23.2. The van der Waals surface area contributed by atoms with E-state index in [0.717, 1.165) is 16.9 Å². The number of hydrogen-bond acceptors (Lipinski definition) is 11. The number of benzene rings is 1. The van der Waals surface area contributed by atoms with E-state index >= 15 is 0 Å². The smallest absolute Gasteiger partial charge is 0.303 e. The van der Waals surface area contributed by atoms with Gasteiger partial charge in [0, 0.05) is 33.4 Å². The van der Waals surface area contributed by atoms with E-state index < -0.39 is 53.7 Å². The third-order valence-electron chi connectivity index (χ3n) is 5.36. The average Bonchev–Trinajstić information content (AvgIpc) is 2.77. The van der Waals surface area contributed by atoms with Crippen molar-refractivity contribution in [3.8, 4) is 5.75 Å². The highest BCUT2D eigenvalue weighted by Gasteiger charge is 2.52. The second-order valence-corrected chi connectivity index (χ2v) is 10.2. The molecule has 0 saturated carbocycles. The van der Waals surface area contributed by atoms with Crippen molar-refractivity contribution in [1.82, 2.24) is 0 Å². The van der Waals surface area contributed by atoms with Gasteiger partial charge in [0.15, 0.2) is 18.3 Å². The highest BCUT2D eigenvalue weighted by atomic mass is 32.2. The van der Waals surface area contributed by atoms with Crippen molar-refractivity contribution in [2.75, 3.05) is 19.0 Å². The molecular weight excluding hydrogens is 504 g/mol. The van der Waals surface area contributed by atoms with E-state index in [4.69, 9.17) is 28.4 Å². The minimum Gasteiger partial charge on any atom is -0.492 e. The second-order valence-electron chi connectivity index (χ2n) is 8.98. The number of ether oxygens (including phenoxy) is 6. The Morgan fingerprint density at radius 3 is 2.05 bits per heavy atom. The first-order chi connectivity index (χ1) is 17.4. The van der Waals surface area contributed by atoms with Crippen LogP contribution in [-0.2, 0) is 42.9 Å². The van der Waals surface area contributed by atoms with Gasteiger partial charge in [0.25, 0.3) is 0 Å². The molecule has 1 heterocycles. The van der Waals surface area contributed by atoms with Crippen molar-refractivity contribution in [3.63, 3.8) is 0 Å². The molecule has 2 rings (SSSR count). The molecule has 1 aliphatic rings. The average molecular weight is 541 g/mol. The van der Waals surface area contributed by atoms with Crippen LogP contribution in [0.2, 0.25) is 0 Å². The molecule has 11 heteroatoms. The van der Waals surface area contributed by atoms with E-state index in [-0.39, 0.29) is 12.5 Å². The van der Waals surface area contributed by atoms with E-state index in [1.807, 2.05) is 25.1 Å². The Kier molecular flexibility index (Phi) is 11.7. The monoisotopic (exact) mass is 540 g/mol. The van der Waals surface area contributed by atoms with Gasteiger partial charge in [0.05, 0.1) is 6.61 Å². The Morgan fingerprint density at radius 2 is 1.49 bits per heavy atom. The maximum absolute atomic E-state index is 11.9. The summed E-state index contributed by atoms with van der Waals surface area (Å²) in [6, 6.07) is 6.06. The molecule has 206 valence electrons. The first-order valence-electron chi connectivity index (χ1n) is 12.0. The second kappa shape index (κ2) is 14.2. The van der Waals surface area contributed by atoms with Crippen molar-refractivity contribution in [3.05, 3.63) is 29.3 Å². The Labute approximate surface area is 221 Å². The molecule has 1 saturated heterocycles. The van der Waals surface area contributed by atoms with Crippen molar-refractivity contribution in [2.24, 2.45) is 0 Å². The summed E-state index contributed by atoms with van der Waals surface area (Å²) >= 11 is 1.28. The fraction of sp³-hybridized carbons (Fsp3) is 0.615. The summed E-state index contributed by atoms with van der Waals surface area (Å²) in [5, 5.41) is 0. The van der Waals surface area contributed by atoms with E-state index in [1.165, 1.54) is 39.5 Å². The summed E-state index contributed by atoms with van der Waals surface area (Å²) in [5.74, 6) is -1.03. The minimum atomic E-state index is -1.18. The summed E-state index contributed by atoms with van der Waals surface area (Å²) in [6.07, 6.45) is -4.40. The summed E-state index contributed by atoms with van der Waals surface area (Å²) in [4.78, 5) is 47.1. The molecule has 0 radical (unpaired) electrons. The lowest BCUT2D eigenvalue weighted by molar-refractivity contribution is -0.237. The number of rotatable bonds is 11. The fourth-order valence-electron chi connectivity index (χ4n) is 3.88. The molecule has 1 aliphatic heterocycles. The van der Waals surface area contributed by atoms with E-state index in [9.17, 15) is 19.2 Å². The summed E-state index contributed by atoms with van der Waals surface area (Å²) in [5.41, 5.74) is 1.33. The Morgan fingerprint density at radius 1 is 0.892 bits per heavy atom. The fourth-order valence-corrected chi connectivity index (χ4v) is 4.92. The van der Waals surface area contributed by atoms with Gasteiger partial charge in [0.2, 0.25) is 0 Å². The van der Waals surface area contributed by atoms with E-state index in [1.54, 1.807) is 0 Å². The topological polar surface area (TPSA) is 124 Å². The van der Waals surface area contributed by atoms with Crippen LogP contribution in [0.3, 0.4) is 0 Å². The first kappa shape index (κ1) is 30.4. The van der Waals surface area contributed by atoms with Crippen molar-refractivity contribution >= 4 is 35.6 Å². The predicted molar refractivity (Wildman–Crippen MR) is 135 cm³/mol. The van der Waals surface area contributed by atoms with Crippen LogP contribution in [-0.4, -0.2) is 72.7 Å². The molecule has 1 aromatic carbocycles. The van der Waals surface area contributed by atoms with Crippen molar-refractivity contribution < 1.29 is 47.6 Å². The number of esters is 4. The lowest BCUT2D eigenvalue weighted by atomic mass is 9.99. The summed E-state index contributed by atoms with van der Waals surface area (Å²) < 4.78 is 33.6. The molecule has 0 unspecified atom stereocenters. The molecule has 1 aromatic rings. The van der Waals surface area contributed by atoms with Gasteiger partial charge in [-0.05, 0) is 30.0 Å². The van der Waals surface area contributed by atoms with Crippen LogP contribution >= 0.6 is 11.8 Å². The van der Waals surface area contributed by atoms with Crippen molar-refractivity contribution in [1.29, 1.82) is 0 Å². The van der Waals surface area contributed by atoms with Crippen LogP contribution in [0.4, 0.5) is 0 Å². The molecule has 0 aliphatic carbocycles. The van der Waals surface area contributed by atoms with Crippen LogP contribution < -0.4 is 4.74 Å². The quantitative estimate of drug-likeness (QED) is 0.233. The highest BCUT2D eigenvalue weighted by molar-refractivity contribution is 7.99. The van der Waals surface area contributed by atoms with Gasteiger partial charge in [-0.3, -0.25) is 19.2 Å².